The van der Waals surface area contributed by atoms with Crippen molar-refractivity contribution in [1.29, 1.82) is 0 Å². The van der Waals surface area contributed by atoms with E-state index < -0.39 is 62.1 Å². The summed E-state index contributed by atoms with van der Waals surface area (Å²) < 4.78 is 218. The standard InChI is InChI=1S/C6H12N2.2C2F6NO4S2/c1-3-8-5-4-7(2)6-8;2*3-1(4,5)14(10,11)9-15(12,13)2(6,7)8/h4-5H,3,6H2,1-2H3;;/q;2*-1. The van der Waals surface area contributed by atoms with Gasteiger partial charge in [-0.1, -0.05) is 0 Å². The third-order valence-corrected chi connectivity index (χ3v) is 8.39. The van der Waals surface area contributed by atoms with Crippen LogP contribution in [-0.4, -0.2) is 85.8 Å². The number of sulfonamides is 4. The lowest BCUT2D eigenvalue weighted by atomic mass is 10.6. The molecule has 0 radical (unpaired) electrons. The lowest BCUT2D eigenvalue weighted by Crippen LogP contribution is -2.30. The largest absolute Gasteiger partial charge is 0.480 e. The molecule has 230 valence electrons. The van der Waals surface area contributed by atoms with Crippen LogP contribution >= 0.6 is 0 Å². The first-order chi connectivity index (χ1) is 16.2. The number of alkyl halides is 12. The average molecular weight is 672 g/mol. The maximum atomic E-state index is 11.4. The molecule has 0 N–H and O–H groups in total. The van der Waals surface area contributed by atoms with Gasteiger partial charge in [-0.25, -0.2) is 33.7 Å². The van der Waals surface area contributed by atoms with Crippen LogP contribution < -0.4 is 0 Å². The number of nitrogens with zero attached hydrogens (tertiary/aromatic N) is 4. The molecule has 0 fully saturated rings. The van der Waals surface area contributed by atoms with Gasteiger partial charge in [0.25, 0.3) is 0 Å². The van der Waals surface area contributed by atoms with E-state index in [9.17, 15) is 86.4 Å². The molecule has 1 aliphatic heterocycles. The summed E-state index contributed by atoms with van der Waals surface area (Å²) in [4.78, 5) is 4.41. The minimum absolute atomic E-state index is 0.778. The molecular formula is C10H12F12N4O8S4-2. The summed E-state index contributed by atoms with van der Waals surface area (Å²) in [5.41, 5.74) is -24.8. The van der Waals surface area contributed by atoms with Gasteiger partial charge in [0.2, 0.25) is 0 Å². The van der Waals surface area contributed by atoms with Crippen LogP contribution in [0.5, 0.6) is 0 Å². The van der Waals surface area contributed by atoms with Crippen molar-refractivity contribution >= 4 is 40.1 Å². The smallest absolute Gasteiger partial charge is 0.421 e. The molecule has 0 aromatic heterocycles. The zero-order chi connectivity index (χ0) is 31.4. The van der Waals surface area contributed by atoms with Gasteiger partial charge in [0.1, 0.15) is 0 Å². The molecule has 38 heavy (non-hydrogen) atoms. The van der Waals surface area contributed by atoms with Crippen LogP contribution in [0, 0.1) is 0 Å². The molecule has 1 aliphatic rings. The highest BCUT2D eigenvalue weighted by Gasteiger charge is 2.48. The van der Waals surface area contributed by atoms with Crippen LogP contribution in [0.25, 0.3) is 8.25 Å². The number of rotatable bonds is 5. The summed E-state index contributed by atoms with van der Waals surface area (Å²) in [6, 6.07) is 0. The van der Waals surface area contributed by atoms with E-state index in [0.29, 0.717) is 0 Å². The third kappa shape index (κ3) is 11.5. The molecule has 28 heteroatoms. The number of hydrogen-bond acceptors (Lipinski definition) is 10. The van der Waals surface area contributed by atoms with Gasteiger partial charge in [0.05, 0.1) is 6.67 Å². The highest BCUT2D eigenvalue weighted by molar-refractivity contribution is 8.13. The van der Waals surface area contributed by atoms with Gasteiger partial charge in [-0.2, -0.15) is 52.7 Å². The fraction of sp³-hybridized carbons (Fsp3) is 0.800. The Bertz CT molecular complexity index is 1080. The monoisotopic (exact) mass is 672 g/mol. The van der Waals surface area contributed by atoms with Crippen LogP contribution in [0.4, 0.5) is 52.7 Å². The van der Waals surface area contributed by atoms with Gasteiger partial charge in [-0.3, -0.25) is 0 Å². The van der Waals surface area contributed by atoms with Gasteiger partial charge < -0.3 is 18.1 Å². The highest BCUT2D eigenvalue weighted by atomic mass is 32.3. The van der Waals surface area contributed by atoms with Crippen molar-refractivity contribution in [2.24, 2.45) is 0 Å². The van der Waals surface area contributed by atoms with Gasteiger partial charge in [-0.05, 0) is 6.92 Å². The van der Waals surface area contributed by atoms with E-state index >= 15 is 0 Å². The normalized spacial score (nSPS) is 15.9. The quantitative estimate of drug-likeness (QED) is 0.396. The van der Waals surface area contributed by atoms with Crippen LogP contribution in [-0.2, 0) is 40.1 Å². The molecule has 0 bridgehead atoms. The summed E-state index contributed by atoms with van der Waals surface area (Å²) in [5, 5.41) is 0. The molecule has 0 atom stereocenters. The fourth-order valence-corrected chi connectivity index (χ4v) is 4.64. The Morgan fingerprint density at radius 1 is 0.579 bits per heavy atom. The predicted octanol–water partition coefficient (Wildman–Crippen LogP) is 2.80. The van der Waals surface area contributed by atoms with E-state index in [4.69, 9.17) is 0 Å². The van der Waals surface area contributed by atoms with Gasteiger partial charge in [-0.15, -0.1) is 0 Å². The molecule has 1 rings (SSSR count). The Hall–Kier alpha value is -1.78. The van der Waals surface area contributed by atoms with Crippen molar-refractivity contribution in [3.8, 4) is 0 Å². The second kappa shape index (κ2) is 12.2. The summed E-state index contributed by atoms with van der Waals surface area (Å²) in [5.74, 6) is 0. The summed E-state index contributed by atoms with van der Waals surface area (Å²) in [6.45, 7) is 4.32. The molecule has 1 heterocycles. The second-order valence-corrected chi connectivity index (χ2v) is 12.8. The third-order valence-electron chi connectivity index (χ3n) is 2.91. The lowest BCUT2D eigenvalue weighted by molar-refractivity contribution is -0.0456. The molecular weight excluding hydrogens is 660 g/mol. The van der Waals surface area contributed by atoms with Crippen LogP contribution in [0.2, 0.25) is 0 Å². The predicted molar refractivity (Wildman–Crippen MR) is 101 cm³/mol. The lowest BCUT2D eigenvalue weighted by Gasteiger charge is -2.22. The Morgan fingerprint density at radius 3 is 0.921 bits per heavy atom. The van der Waals surface area contributed by atoms with Crippen LogP contribution in [0.15, 0.2) is 12.4 Å². The van der Waals surface area contributed by atoms with Gasteiger partial charge >= 0.3 is 22.0 Å². The Kier molecular flexibility index (Phi) is 12.3. The molecule has 0 saturated carbocycles. The van der Waals surface area contributed by atoms with Crippen molar-refractivity contribution in [3.05, 3.63) is 20.7 Å². The maximum absolute atomic E-state index is 11.4. The average Bonchev–Trinajstić information content (AvgIpc) is 3.03. The molecule has 0 aliphatic carbocycles. The molecule has 0 amide bonds. The van der Waals surface area contributed by atoms with Crippen molar-refractivity contribution in [2.45, 2.75) is 29.0 Å². The first-order valence-corrected chi connectivity index (χ1v) is 13.9. The van der Waals surface area contributed by atoms with Gasteiger partial charge in [0, 0.05) is 26.0 Å². The molecule has 0 spiro atoms. The SMILES string of the molecule is CCN1C=CN(C)C1.O=S(=O)([N-]S(=O)(=O)C(F)(F)F)C(F)(F)F.O=S(=O)([N-]S(=O)(=O)C(F)(F)F)C(F)(F)F. The zero-order valence-electron chi connectivity index (χ0n) is 17.8. The fourth-order valence-electron chi connectivity index (χ4n) is 1.22. The van der Waals surface area contributed by atoms with E-state index in [1.54, 1.807) is 0 Å². The van der Waals surface area contributed by atoms with Crippen LogP contribution in [0.1, 0.15) is 6.92 Å². The summed E-state index contributed by atoms with van der Waals surface area (Å²) in [6.07, 6.45) is 4.20. The highest BCUT2D eigenvalue weighted by Crippen LogP contribution is 2.37. The zero-order valence-corrected chi connectivity index (χ0v) is 21.1. The minimum atomic E-state index is -6.72. The minimum Gasteiger partial charge on any atom is -0.421 e. The van der Waals surface area contributed by atoms with Gasteiger partial charge in [0.15, 0.2) is 40.1 Å². The number of halogens is 12. The molecule has 0 aromatic carbocycles. The maximum Gasteiger partial charge on any atom is 0.480 e. The molecule has 0 unspecified atom stereocenters. The van der Waals surface area contributed by atoms with E-state index in [1.165, 1.54) is 0 Å². The summed E-state index contributed by atoms with van der Waals surface area (Å²) in [7, 11) is -24.8. The van der Waals surface area contributed by atoms with E-state index in [-0.39, 0.29) is 0 Å². The Morgan fingerprint density at radius 2 is 0.816 bits per heavy atom. The van der Waals surface area contributed by atoms with Crippen LogP contribution in [0.3, 0.4) is 0 Å². The molecule has 12 nitrogen and oxygen atoms in total. The molecule has 0 saturated heterocycles. The van der Waals surface area contributed by atoms with Crippen molar-refractivity contribution in [3.63, 3.8) is 0 Å². The Labute approximate surface area is 206 Å². The van der Waals surface area contributed by atoms with E-state index in [0.717, 1.165) is 21.5 Å². The van der Waals surface area contributed by atoms with E-state index in [2.05, 4.69) is 36.2 Å². The summed E-state index contributed by atoms with van der Waals surface area (Å²) >= 11 is 0. The second-order valence-electron chi connectivity index (χ2n) is 5.93. The van der Waals surface area contributed by atoms with Crippen molar-refractivity contribution < 1.29 is 86.4 Å². The van der Waals surface area contributed by atoms with Crippen molar-refractivity contribution in [2.75, 3.05) is 20.3 Å². The topological polar surface area (TPSA) is 171 Å². The van der Waals surface area contributed by atoms with Crippen molar-refractivity contribution in [1.82, 2.24) is 9.80 Å². The number of hydrogen-bond donors (Lipinski definition) is 0. The Balaban J connectivity index is 0. The first kappa shape index (κ1) is 38.4. The molecule has 0 aromatic rings. The first-order valence-electron chi connectivity index (χ1n) is 8.10. The van der Waals surface area contributed by atoms with E-state index in [1.807, 2.05) is 0 Å².